The van der Waals surface area contributed by atoms with Crippen LogP contribution in [0.1, 0.15) is 32.0 Å². The van der Waals surface area contributed by atoms with E-state index in [1.807, 2.05) is 19.1 Å². The Morgan fingerprint density at radius 1 is 1.27 bits per heavy atom. The number of aromatic nitrogens is 2. The molecule has 2 nitrogen and oxygen atoms in total. The average Bonchev–Trinajstić information content (AvgIpc) is 2.46. The Morgan fingerprint density at radius 2 is 1.93 bits per heavy atom. The van der Waals surface area contributed by atoms with Gasteiger partial charge in [-0.25, -0.2) is 0 Å². The van der Waals surface area contributed by atoms with Crippen molar-refractivity contribution in [2.75, 3.05) is 0 Å². The number of halogens is 1. The summed E-state index contributed by atoms with van der Waals surface area (Å²) >= 11 is 6.28. The maximum absolute atomic E-state index is 6.28. The van der Waals surface area contributed by atoms with Crippen LogP contribution in [0.2, 0.25) is 5.02 Å². The van der Waals surface area contributed by atoms with Gasteiger partial charge in [0.1, 0.15) is 0 Å². The van der Waals surface area contributed by atoms with Crippen molar-refractivity contribution in [3.8, 4) is 0 Å². The summed E-state index contributed by atoms with van der Waals surface area (Å²) < 4.78 is 0. The molecular formula is C12H15ClN2. The van der Waals surface area contributed by atoms with Crippen LogP contribution in [0.3, 0.4) is 0 Å². The van der Waals surface area contributed by atoms with E-state index in [-0.39, 0.29) is 5.41 Å². The summed E-state index contributed by atoms with van der Waals surface area (Å²) in [6.07, 6.45) is 0. The van der Waals surface area contributed by atoms with Crippen molar-refractivity contribution in [3.63, 3.8) is 0 Å². The minimum absolute atomic E-state index is 0.0330. The predicted octanol–water partition coefficient (Wildman–Crippen LogP) is 3.82. The molecule has 0 saturated carbocycles. The molecule has 0 aliphatic carbocycles. The van der Waals surface area contributed by atoms with Crippen LogP contribution in [0.25, 0.3) is 10.9 Å². The van der Waals surface area contributed by atoms with Gasteiger partial charge in [-0.3, -0.25) is 5.10 Å². The smallest absolute Gasteiger partial charge is 0.0673 e. The quantitative estimate of drug-likeness (QED) is 0.721. The van der Waals surface area contributed by atoms with E-state index < -0.39 is 0 Å². The Hall–Kier alpha value is -1.02. The van der Waals surface area contributed by atoms with Gasteiger partial charge in [-0.15, -0.1) is 0 Å². The summed E-state index contributed by atoms with van der Waals surface area (Å²) in [7, 11) is 0. The third-order valence-electron chi connectivity index (χ3n) is 2.61. The van der Waals surface area contributed by atoms with Crippen LogP contribution in [-0.4, -0.2) is 10.2 Å². The summed E-state index contributed by atoms with van der Waals surface area (Å²) in [5.74, 6) is 0. The lowest BCUT2D eigenvalue weighted by atomic mass is 9.84. The summed E-state index contributed by atoms with van der Waals surface area (Å²) in [4.78, 5) is 0. The molecule has 0 aliphatic rings. The molecule has 1 heterocycles. The molecule has 0 radical (unpaired) electrons. The van der Waals surface area contributed by atoms with Gasteiger partial charge in [-0.2, -0.15) is 5.10 Å². The molecule has 0 unspecified atom stereocenters. The zero-order valence-corrected chi connectivity index (χ0v) is 10.2. The number of rotatable bonds is 0. The Morgan fingerprint density at radius 3 is 2.53 bits per heavy atom. The van der Waals surface area contributed by atoms with Crippen molar-refractivity contribution in [1.82, 2.24) is 10.2 Å². The molecule has 2 aromatic rings. The summed E-state index contributed by atoms with van der Waals surface area (Å²) in [6, 6.07) is 3.91. The van der Waals surface area contributed by atoms with E-state index in [9.17, 15) is 0 Å². The molecule has 3 heteroatoms. The third kappa shape index (κ3) is 1.63. The van der Waals surface area contributed by atoms with E-state index in [1.54, 1.807) is 0 Å². The molecule has 0 bridgehead atoms. The molecule has 1 N–H and O–H groups in total. The van der Waals surface area contributed by atoms with Crippen LogP contribution in [0.5, 0.6) is 0 Å². The first-order valence-electron chi connectivity index (χ1n) is 5.05. The first-order chi connectivity index (χ1) is 6.91. The van der Waals surface area contributed by atoms with Gasteiger partial charge in [-0.1, -0.05) is 32.4 Å². The van der Waals surface area contributed by atoms with E-state index >= 15 is 0 Å². The van der Waals surface area contributed by atoms with Crippen LogP contribution in [-0.2, 0) is 5.41 Å². The Bertz CT molecular complexity index is 506. The van der Waals surface area contributed by atoms with Crippen LogP contribution in [0.15, 0.2) is 12.1 Å². The first kappa shape index (κ1) is 10.5. The summed E-state index contributed by atoms with van der Waals surface area (Å²) in [5.41, 5.74) is 3.28. The summed E-state index contributed by atoms with van der Waals surface area (Å²) in [5, 5.41) is 9.23. The molecule has 0 saturated heterocycles. The highest BCUT2D eigenvalue weighted by Crippen LogP contribution is 2.36. The van der Waals surface area contributed by atoms with E-state index in [0.717, 1.165) is 21.6 Å². The second-order valence-corrected chi connectivity index (χ2v) is 5.31. The average molecular weight is 223 g/mol. The SMILES string of the molecule is Cc1n[nH]c2ccc(Cl)c(C(C)(C)C)c12. The lowest BCUT2D eigenvalue weighted by Crippen LogP contribution is -2.12. The fourth-order valence-corrected chi connectivity index (χ4v) is 2.42. The van der Waals surface area contributed by atoms with Crippen LogP contribution < -0.4 is 0 Å². The van der Waals surface area contributed by atoms with E-state index in [1.165, 1.54) is 5.56 Å². The van der Waals surface area contributed by atoms with E-state index in [4.69, 9.17) is 11.6 Å². The van der Waals surface area contributed by atoms with Crippen molar-refractivity contribution < 1.29 is 0 Å². The minimum Gasteiger partial charge on any atom is -0.278 e. The molecule has 15 heavy (non-hydrogen) atoms. The highest BCUT2D eigenvalue weighted by atomic mass is 35.5. The molecule has 0 aliphatic heterocycles. The fourth-order valence-electron chi connectivity index (χ4n) is 1.98. The number of hydrogen-bond acceptors (Lipinski definition) is 1. The van der Waals surface area contributed by atoms with Gasteiger partial charge in [0.2, 0.25) is 0 Å². The van der Waals surface area contributed by atoms with Crippen molar-refractivity contribution in [2.24, 2.45) is 0 Å². The number of aromatic amines is 1. The van der Waals surface area contributed by atoms with Crippen LogP contribution in [0, 0.1) is 6.92 Å². The van der Waals surface area contributed by atoms with Crippen LogP contribution >= 0.6 is 11.6 Å². The lowest BCUT2D eigenvalue weighted by molar-refractivity contribution is 0.596. The van der Waals surface area contributed by atoms with Gasteiger partial charge in [-0.05, 0) is 30.0 Å². The Kier molecular flexibility index (Phi) is 2.27. The monoisotopic (exact) mass is 222 g/mol. The molecule has 0 atom stereocenters. The second kappa shape index (κ2) is 3.24. The molecule has 0 spiro atoms. The molecule has 1 aromatic carbocycles. The van der Waals surface area contributed by atoms with Gasteiger partial charge in [0.15, 0.2) is 0 Å². The zero-order chi connectivity index (χ0) is 11.2. The molecule has 1 aromatic heterocycles. The number of nitrogens with one attached hydrogen (secondary N) is 1. The number of H-pyrrole nitrogens is 1. The Labute approximate surface area is 94.6 Å². The Balaban J connectivity index is 2.90. The normalized spacial score (nSPS) is 12.3. The minimum atomic E-state index is 0.0330. The third-order valence-corrected chi connectivity index (χ3v) is 2.93. The predicted molar refractivity (Wildman–Crippen MR) is 64.5 cm³/mol. The van der Waals surface area contributed by atoms with Gasteiger partial charge in [0.25, 0.3) is 0 Å². The van der Waals surface area contributed by atoms with Gasteiger partial charge in [0, 0.05) is 10.4 Å². The van der Waals surface area contributed by atoms with E-state index in [2.05, 4.69) is 31.0 Å². The number of fused-ring (bicyclic) bond motifs is 1. The topological polar surface area (TPSA) is 28.7 Å². The molecule has 80 valence electrons. The molecular weight excluding hydrogens is 208 g/mol. The van der Waals surface area contributed by atoms with Crippen molar-refractivity contribution in [1.29, 1.82) is 0 Å². The second-order valence-electron chi connectivity index (χ2n) is 4.90. The standard InChI is InChI=1S/C12H15ClN2/c1-7-10-9(15-14-7)6-5-8(13)11(10)12(2,3)4/h5-6H,1-4H3,(H,14,15). The number of aryl methyl sites for hydroxylation is 1. The van der Waals surface area contributed by atoms with Gasteiger partial charge in [0.05, 0.1) is 11.2 Å². The van der Waals surface area contributed by atoms with Crippen molar-refractivity contribution >= 4 is 22.5 Å². The van der Waals surface area contributed by atoms with Crippen LogP contribution in [0.4, 0.5) is 0 Å². The molecule has 0 amide bonds. The highest BCUT2D eigenvalue weighted by Gasteiger charge is 2.22. The van der Waals surface area contributed by atoms with E-state index in [0.29, 0.717) is 0 Å². The molecule has 0 fully saturated rings. The van der Waals surface area contributed by atoms with Crippen molar-refractivity contribution in [2.45, 2.75) is 33.1 Å². The molecule has 2 rings (SSSR count). The van der Waals surface area contributed by atoms with Crippen molar-refractivity contribution in [3.05, 3.63) is 28.4 Å². The van der Waals surface area contributed by atoms with Gasteiger partial charge >= 0.3 is 0 Å². The lowest BCUT2D eigenvalue weighted by Gasteiger charge is -2.21. The number of benzene rings is 1. The van der Waals surface area contributed by atoms with Gasteiger partial charge < -0.3 is 0 Å². The number of hydrogen-bond donors (Lipinski definition) is 1. The first-order valence-corrected chi connectivity index (χ1v) is 5.42. The fraction of sp³-hybridized carbons (Fsp3) is 0.417. The highest BCUT2D eigenvalue weighted by molar-refractivity contribution is 6.32. The zero-order valence-electron chi connectivity index (χ0n) is 9.48. The number of nitrogens with zero attached hydrogens (tertiary/aromatic N) is 1. The maximum Gasteiger partial charge on any atom is 0.0673 e. The largest absolute Gasteiger partial charge is 0.278 e. The maximum atomic E-state index is 6.28. The summed E-state index contributed by atoms with van der Waals surface area (Å²) in [6.45, 7) is 8.50.